The van der Waals surface area contributed by atoms with Gasteiger partial charge < -0.3 is 9.73 Å². The summed E-state index contributed by atoms with van der Waals surface area (Å²) in [6.45, 7) is 3.22. The standard InChI is InChI=1S/C14H14F3NO/c1-2-4-18-8-14-9(3-5-19-14)10-6-12(16)13(17)7-11(10)15/h3,5-7,18H,2,4,8H2,1H3. The third-order valence-corrected chi connectivity index (χ3v) is 2.76. The molecule has 1 aromatic carbocycles. The summed E-state index contributed by atoms with van der Waals surface area (Å²) in [5.74, 6) is -2.59. The number of hydrogen-bond acceptors (Lipinski definition) is 2. The Balaban J connectivity index is 2.32. The van der Waals surface area contributed by atoms with E-state index < -0.39 is 17.5 Å². The molecule has 0 aliphatic rings. The molecule has 1 heterocycles. The Morgan fingerprint density at radius 3 is 2.53 bits per heavy atom. The highest BCUT2D eigenvalue weighted by Gasteiger charge is 2.16. The Bertz CT molecular complexity index is 566. The molecule has 19 heavy (non-hydrogen) atoms. The lowest BCUT2D eigenvalue weighted by Crippen LogP contribution is -2.13. The van der Waals surface area contributed by atoms with Gasteiger partial charge >= 0.3 is 0 Å². The van der Waals surface area contributed by atoms with Crippen molar-refractivity contribution in [1.29, 1.82) is 0 Å². The number of furan rings is 1. The van der Waals surface area contributed by atoms with Crippen LogP contribution in [-0.4, -0.2) is 6.54 Å². The molecule has 0 fully saturated rings. The zero-order valence-corrected chi connectivity index (χ0v) is 10.5. The molecule has 0 saturated heterocycles. The van der Waals surface area contributed by atoms with Crippen LogP contribution in [0.15, 0.2) is 28.9 Å². The van der Waals surface area contributed by atoms with Gasteiger partial charge in [-0.05, 0) is 25.1 Å². The summed E-state index contributed by atoms with van der Waals surface area (Å²) in [7, 11) is 0. The third-order valence-electron chi connectivity index (χ3n) is 2.76. The summed E-state index contributed by atoms with van der Waals surface area (Å²) < 4.78 is 45.0. The van der Waals surface area contributed by atoms with Crippen LogP contribution in [0.25, 0.3) is 11.1 Å². The molecule has 0 spiro atoms. The second-order valence-corrected chi connectivity index (χ2v) is 4.18. The SMILES string of the molecule is CCCNCc1occc1-c1cc(F)c(F)cc1F. The molecule has 2 rings (SSSR count). The van der Waals surface area contributed by atoms with E-state index in [0.29, 0.717) is 23.9 Å². The van der Waals surface area contributed by atoms with Gasteiger partial charge in [-0.3, -0.25) is 0 Å². The molecule has 0 aliphatic heterocycles. The Kier molecular flexibility index (Phi) is 4.27. The quantitative estimate of drug-likeness (QED) is 0.658. The van der Waals surface area contributed by atoms with Gasteiger partial charge in [0.25, 0.3) is 0 Å². The monoisotopic (exact) mass is 269 g/mol. The fraction of sp³-hybridized carbons (Fsp3) is 0.286. The first-order valence-corrected chi connectivity index (χ1v) is 6.05. The molecule has 1 aromatic heterocycles. The van der Waals surface area contributed by atoms with Crippen LogP contribution < -0.4 is 5.32 Å². The minimum Gasteiger partial charge on any atom is -0.467 e. The largest absolute Gasteiger partial charge is 0.467 e. The molecule has 0 aliphatic carbocycles. The minimum atomic E-state index is -1.20. The molecule has 0 saturated carbocycles. The summed E-state index contributed by atoms with van der Waals surface area (Å²) in [6, 6.07) is 2.93. The van der Waals surface area contributed by atoms with Gasteiger partial charge in [0.1, 0.15) is 11.6 Å². The van der Waals surface area contributed by atoms with E-state index >= 15 is 0 Å². The smallest absolute Gasteiger partial charge is 0.161 e. The van der Waals surface area contributed by atoms with Crippen molar-refractivity contribution in [1.82, 2.24) is 5.32 Å². The maximum Gasteiger partial charge on any atom is 0.161 e. The first-order valence-electron chi connectivity index (χ1n) is 6.05. The summed E-state index contributed by atoms with van der Waals surface area (Å²) in [4.78, 5) is 0. The number of nitrogens with one attached hydrogen (secondary N) is 1. The Morgan fingerprint density at radius 1 is 1.05 bits per heavy atom. The average molecular weight is 269 g/mol. The van der Waals surface area contributed by atoms with E-state index in [1.807, 2.05) is 6.92 Å². The lowest BCUT2D eigenvalue weighted by Gasteiger charge is -2.06. The van der Waals surface area contributed by atoms with Crippen LogP contribution in [0.3, 0.4) is 0 Å². The van der Waals surface area contributed by atoms with Gasteiger partial charge in [0.05, 0.1) is 12.8 Å². The van der Waals surface area contributed by atoms with Crippen molar-refractivity contribution in [2.75, 3.05) is 6.54 Å². The molecule has 0 unspecified atom stereocenters. The van der Waals surface area contributed by atoms with Gasteiger partial charge in [-0.2, -0.15) is 0 Å². The average Bonchev–Trinajstić information content (AvgIpc) is 2.82. The van der Waals surface area contributed by atoms with Gasteiger partial charge in [0.2, 0.25) is 0 Å². The lowest BCUT2D eigenvalue weighted by molar-refractivity contribution is 0.482. The predicted octanol–water partition coefficient (Wildman–Crippen LogP) is 3.86. The summed E-state index contributed by atoms with van der Waals surface area (Å²) >= 11 is 0. The van der Waals surface area contributed by atoms with E-state index in [4.69, 9.17) is 4.42 Å². The van der Waals surface area contributed by atoms with Crippen molar-refractivity contribution in [3.63, 3.8) is 0 Å². The molecule has 0 atom stereocenters. The maximum atomic E-state index is 13.7. The highest BCUT2D eigenvalue weighted by Crippen LogP contribution is 2.29. The molecule has 0 bridgehead atoms. The number of halogens is 3. The molecule has 0 amide bonds. The zero-order valence-electron chi connectivity index (χ0n) is 10.5. The Hall–Kier alpha value is -1.75. The highest BCUT2D eigenvalue weighted by atomic mass is 19.2. The molecule has 2 nitrogen and oxygen atoms in total. The molecular weight excluding hydrogens is 255 g/mol. The van der Waals surface area contributed by atoms with E-state index in [1.54, 1.807) is 6.07 Å². The van der Waals surface area contributed by atoms with Gasteiger partial charge in [0.15, 0.2) is 11.6 Å². The first kappa shape index (κ1) is 13.7. The van der Waals surface area contributed by atoms with Crippen LogP contribution in [0.1, 0.15) is 19.1 Å². The van der Waals surface area contributed by atoms with Gasteiger partial charge in [-0.1, -0.05) is 6.92 Å². The zero-order chi connectivity index (χ0) is 13.8. The summed E-state index contributed by atoms with van der Waals surface area (Å²) in [6.07, 6.45) is 2.36. The Morgan fingerprint density at radius 2 is 1.79 bits per heavy atom. The number of rotatable bonds is 5. The van der Waals surface area contributed by atoms with Crippen molar-refractivity contribution >= 4 is 0 Å². The second kappa shape index (κ2) is 5.93. The topological polar surface area (TPSA) is 25.2 Å². The highest BCUT2D eigenvalue weighted by molar-refractivity contribution is 5.66. The molecule has 0 radical (unpaired) electrons. The maximum absolute atomic E-state index is 13.7. The van der Waals surface area contributed by atoms with Gasteiger partial charge in [-0.15, -0.1) is 0 Å². The molecule has 1 N–H and O–H groups in total. The van der Waals surface area contributed by atoms with Crippen molar-refractivity contribution in [3.8, 4) is 11.1 Å². The van der Waals surface area contributed by atoms with Gasteiger partial charge in [-0.25, -0.2) is 13.2 Å². The first-order chi connectivity index (χ1) is 9.13. The van der Waals surface area contributed by atoms with Crippen molar-refractivity contribution in [3.05, 3.63) is 47.7 Å². The van der Waals surface area contributed by atoms with Crippen LogP contribution >= 0.6 is 0 Å². The van der Waals surface area contributed by atoms with Crippen LogP contribution in [0.2, 0.25) is 0 Å². The molecule has 5 heteroatoms. The summed E-state index contributed by atoms with van der Waals surface area (Å²) in [5.41, 5.74) is 0.431. The molecule has 2 aromatic rings. The lowest BCUT2D eigenvalue weighted by atomic mass is 10.1. The normalized spacial score (nSPS) is 10.9. The van der Waals surface area contributed by atoms with Crippen LogP contribution in [0, 0.1) is 17.5 Å². The van der Waals surface area contributed by atoms with Crippen LogP contribution in [0.5, 0.6) is 0 Å². The second-order valence-electron chi connectivity index (χ2n) is 4.18. The number of hydrogen-bond donors (Lipinski definition) is 1. The van der Waals surface area contributed by atoms with Crippen molar-refractivity contribution in [2.24, 2.45) is 0 Å². The minimum absolute atomic E-state index is 0.000878. The predicted molar refractivity (Wildman–Crippen MR) is 66.0 cm³/mol. The van der Waals surface area contributed by atoms with E-state index in [1.165, 1.54) is 6.26 Å². The number of benzene rings is 1. The third kappa shape index (κ3) is 2.98. The van der Waals surface area contributed by atoms with E-state index in [9.17, 15) is 13.2 Å². The Labute approximate surface area is 109 Å². The van der Waals surface area contributed by atoms with Crippen LogP contribution in [0.4, 0.5) is 13.2 Å². The molecular formula is C14H14F3NO. The van der Waals surface area contributed by atoms with Crippen molar-refractivity contribution < 1.29 is 17.6 Å². The molecule has 102 valence electrons. The fourth-order valence-electron chi connectivity index (χ4n) is 1.83. The van der Waals surface area contributed by atoms with Gasteiger partial charge in [0, 0.05) is 17.2 Å². The van der Waals surface area contributed by atoms with E-state index in [0.717, 1.165) is 19.0 Å². The van der Waals surface area contributed by atoms with Crippen molar-refractivity contribution in [2.45, 2.75) is 19.9 Å². The van der Waals surface area contributed by atoms with E-state index in [-0.39, 0.29) is 5.56 Å². The summed E-state index contributed by atoms with van der Waals surface area (Å²) in [5, 5.41) is 3.11. The van der Waals surface area contributed by atoms with Crippen LogP contribution in [-0.2, 0) is 6.54 Å². The fourth-order valence-corrected chi connectivity index (χ4v) is 1.83. The van der Waals surface area contributed by atoms with E-state index in [2.05, 4.69) is 5.32 Å².